The van der Waals surface area contributed by atoms with Crippen LogP contribution in [-0.2, 0) is 30.3 Å². The van der Waals surface area contributed by atoms with Crippen LogP contribution < -0.4 is 10.2 Å². The van der Waals surface area contributed by atoms with Gasteiger partial charge in [0, 0.05) is 18.9 Å². The molecule has 2 heterocycles. The topological polar surface area (TPSA) is 107 Å². The molecule has 1 aliphatic rings. The Hall–Kier alpha value is -3.72. The van der Waals surface area contributed by atoms with Crippen molar-refractivity contribution in [2.75, 3.05) is 32.5 Å². The fourth-order valence-electron chi connectivity index (χ4n) is 3.01. The van der Waals surface area contributed by atoms with Crippen molar-refractivity contribution in [2.24, 2.45) is 0 Å². The van der Waals surface area contributed by atoms with Crippen LogP contribution in [0, 0.1) is 0 Å². The van der Waals surface area contributed by atoms with Crippen LogP contribution in [0.15, 0.2) is 60.1 Å². The number of hydrogen-bond acceptors (Lipinski definition) is 8. The highest BCUT2D eigenvalue weighted by atomic mass is 16.5. The molecule has 0 fully saturated rings. The first-order valence-corrected chi connectivity index (χ1v) is 9.08. The molecule has 0 saturated carbocycles. The summed E-state index contributed by atoms with van der Waals surface area (Å²) in [6, 6.07) is 10.3. The number of methoxy groups -OCH3 is 2. The van der Waals surface area contributed by atoms with Gasteiger partial charge in [0.05, 0.1) is 37.7 Å². The minimum Gasteiger partial charge on any atom is -0.466 e. The van der Waals surface area contributed by atoms with Crippen molar-refractivity contribution in [3.8, 4) is 0 Å². The number of anilines is 1. The number of amides is 1. The lowest BCUT2D eigenvalue weighted by atomic mass is 10.1. The summed E-state index contributed by atoms with van der Waals surface area (Å²) in [6.07, 6.45) is 3.31. The minimum atomic E-state index is -0.732. The molecule has 1 amide bonds. The van der Waals surface area contributed by atoms with E-state index in [9.17, 15) is 14.4 Å². The van der Waals surface area contributed by atoms with Gasteiger partial charge in [-0.25, -0.2) is 9.59 Å². The number of hydrogen-bond donors (Lipinski definition) is 1. The van der Waals surface area contributed by atoms with Gasteiger partial charge in [0.15, 0.2) is 0 Å². The number of benzene rings is 1. The summed E-state index contributed by atoms with van der Waals surface area (Å²) in [5.41, 5.74) is 1.53. The van der Waals surface area contributed by atoms with Crippen LogP contribution in [0.4, 0.5) is 5.69 Å². The van der Waals surface area contributed by atoms with Gasteiger partial charge >= 0.3 is 11.9 Å². The van der Waals surface area contributed by atoms with Crippen molar-refractivity contribution >= 4 is 23.5 Å². The highest BCUT2D eigenvalue weighted by Gasteiger charge is 2.33. The summed E-state index contributed by atoms with van der Waals surface area (Å²) in [6.45, 7) is 0.130. The van der Waals surface area contributed by atoms with Crippen LogP contribution in [-0.4, -0.2) is 50.4 Å². The zero-order valence-corrected chi connectivity index (χ0v) is 16.6. The number of nitrogens with zero attached hydrogens (tertiary/aromatic N) is 2. The molecule has 0 aliphatic carbocycles. The molecule has 1 aromatic carbocycles. The second kappa shape index (κ2) is 9.66. The number of nitrogens with one attached hydrogen (secondary N) is 1. The van der Waals surface area contributed by atoms with Gasteiger partial charge in [-0.1, -0.05) is 18.2 Å². The normalized spacial score (nSPS) is 13.6. The molecule has 1 N–H and O–H groups in total. The summed E-state index contributed by atoms with van der Waals surface area (Å²) in [4.78, 5) is 43.0. The fourth-order valence-corrected chi connectivity index (χ4v) is 3.01. The molecule has 0 bridgehead atoms. The molecule has 0 spiro atoms. The van der Waals surface area contributed by atoms with Crippen LogP contribution in [0.1, 0.15) is 15.9 Å². The van der Waals surface area contributed by atoms with Gasteiger partial charge in [-0.2, -0.15) is 0 Å². The monoisotopic (exact) mass is 411 g/mol. The molecule has 3 rings (SSSR count). The molecular weight excluding hydrogens is 390 g/mol. The van der Waals surface area contributed by atoms with E-state index in [4.69, 9.17) is 14.2 Å². The summed E-state index contributed by atoms with van der Waals surface area (Å²) in [5.74, 6) is -1.80. The van der Waals surface area contributed by atoms with E-state index in [2.05, 4.69) is 10.3 Å². The SMILES string of the molecule is COC(=O)C1=C(C(=O)OC)N(c2ccccc2C(=O)NCc2cccnc2)COC1. The molecule has 9 heteroatoms. The third-order valence-corrected chi connectivity index (χ3v) is 4.45. The second-order valence-electron chi connectivity index (χ2n) is 6.28. The van der Waals surface area contributed by atoms with E-state index in [-0.39, 0.29) is 37.1 Å². The molecule has 30 heavy (non-hydrogen) atoms. The van der Waals surface area contributed by atoms with Gasteiger partial charge in [-0.15, -0.1) is 0 Å². The number of para-hydroxylation sites is 1. The Balaban J connectivity index is 1.95. The lowest BCUT2D eigenvalue weighted by Gasteiger charge is -2.32. The van der Waals surface area contributed by atoms with Crippen LogP contribution in [0.3, 0.4) is 0 Å². The Morgan fingerprint density at radius 1 is 1.10 bits per heavy atom. The average molecular weight is 411 g/mol. The molecule has 0 saturated heterocycles. The average Bonchev–Trinajstić information content (AvgIpc) is 2.81. The van der Waals surface area contributed by atoms with Crippen molar-refractivity contribution in [1.82, 2.24) is 10.3 Å². The summed E-state index contributed by atoms with van der Waals surface area (Å²) >= 11 is 0. The van der Waals surface area contributed by atoms with E-state index < -0.39 is 11.9 Å². The Morgan fingerprint density at radius 3 is 2.57 bits per heavy atom. The molecule has 156 valence electrons. The summed E-state index contributed by atoms with van der Waals surface area (Å²) in [7, 11) is 2.42. The lowest BCUT2D eigenvalue weighted by Crippen LogP contribution is -2.40. The van der Waals surface area contributed by atoms with Crippen LogP contribution in [0.25, 0.3) is 0 Å². The maximum atomic E-state index is 12.9. The standard InChI is InChI=1S/C21H21N3O6/c1-28-20(26)16-12-30-13-24(18(16)21(27)29-2)17-8-4-3-7-15(17)19(25)23-11-14-6-5-9-22-10-14/h3-10H,11-13H2,1-2H3,(H,23,25). The van der Waals surface area contributed by atoms with E-state index in [0.717, 1.165) is 5.56 Å². The van der Waals surface area contributed by atoms with E-state index in [0.29, 0.717) is 11.3 Å². The maximum absolute atomic E-state index is 12.9. The summed E-state index contributed by atoms with van der Waals surface area (Å²) in [5, 5.41) is 2.83. The number of carbonyl (C=O) groups is 3. The Bertz CT molecular complexity index is 974. The zero-order chi connectivity index (χ0) is 21.5. The van der Waals surface area contributed by atoms with Gasteiger partial charge < -0.3 is 24.4 Å². The molecule has 1 aliphatic heterocycles. The minimum absolute atomic E-state index is 0.0150. The number of ether oxygens (including phenoxy) is 3. The molecule has 1 aromatic heterocycles. The number of pyridine rings is 1. The first kappa shape index (κ1) is 21.0. The van der Waals surface area contributed by atoms with E-state index >= 15 is 0 Å². The van der Waals surface area contributed by atoms with Gasteiger partial charge in [0.25, 0.3) is 5.91 Å². The Morgan fingerprint density at radius 2 is 1.87 bits per heavy atom. The van der Waals surface area contributed by atoms with Crippen molar-refractivity contribution in [1.29, 1.82) is 0 Å². The van der Waals surface area contributed by atoms with Crippen LogP contribution >= 0.6 is 0 Å². The van der Waals surface area contributed by atoms with E-state index in [1.165, 1.54) is 19.1 Å². The predicted molar refractivity (Wildman–Crippen MR) is 106 cm³/mol. The van der Waals surface area contributed by atoms with Gasteiger partial charge in [0.2, 0.25) is 0 Å². The third kappa shape index (κ3) is 4.47. The van der Waals surface area contributed by atoms with Crippen molar-refractivity contribution in [3.05, 3.63) is 71.2 Å². The number of aromatic nitrogens is 1. The van der Waals surface area contributed by atoms with Crippen LogP contribution in [0.5, 0.6) is 0 Å². The number of carbonyl (C=O) groups excluding carboxylic acids is 3. The second-order valence-corrected chi connectivity index (χ2v) is 6.28. The smallest absolute Gasteiger partial charge is 0.355 e. The first-order chi connectivity index (χ1) is 14.6. The molecule has 9 nitrogen and oxygen atoms in total. The molecule has 2 aromatic rings. The number of esters is 2. The first-order valence-electron chi connectivity index (χ1n) is 9.08. The van der Waals surface area contributed by atoms with Gasteiger partial charge in [-0.3, -0.25) is 9.78 Å². The Labute approximate surface area is 173 Å². The van der Waals surface area contributed by atoms with Crippen molar-refractivity contribution in [3.63, 3.8) is 0 Å². The quantitative estimate of drug-likeness (QED) is 0.711. The zero-order valence-electron chi connectivity index (χ0n) is 16.6. The highest BCUT2D eigenvalue weighted by Crippen LogP contribution is 2.29. The molecule has 0 atom stereocenters. The third-order valence-electron chi connectivity index (χ3n) is 4.45. The lowest BCUT2D eigenvalue weighted by molar-refractivity contribution is -0.140. The Kier molecular flexibility index (Phi) is 6.76. The summed E-state index contributed by atoms with van der Waals surface area (Å²) < 4.78 is 15.1. The van der Waals surface area contributed by atoms with E-state index in [1.54, 1.807) is 42.7 Å². The fraction of sp³-hybridized carbons (Fsp3) is 0.238. The highest BCUT2D eigenvalue weighted by molar-refractivity contribution is 6.06. The largest absolute Gasteiger partial charge is 0.466 e. The molecule has 0 radical (unpaired) electrons. The van der Waals surface area contributed by atoms with Crippen molar-refractivity contribution in [2.45, 2.75) is 6.54 Å². The van der Waals surface area contributed by atoms with Gasteiger partial charge in [-0.05, 0) is 23.8 Å². The number of rotatable bonds is 6. The van der Waals surface area contributed by atoms with Gasteiger partial charge in [0.1, 0.15) is 12.4 Å². The molecular formula is C21H21N3O6. The maximum Gasteiger partial charge on any atom is 0.355 e. The predicted octanol–water partition coefficient (Wildman–Crippen LogP) is 1.41. The molecule has 0 unspecified atom stereocenters. The van der Waals surface area contributed by atoms with Crippen LogP contribution in [0.2, 0.25) is 0 Å². The van der Waals surface area contributed by atoms with Crippen molar-refractivity contribution < 1.29 is 28.6 Å². The van der Waals surface area contributed by atoms with E-state index in [1.807, 2.05) is 6.07 Å².